The maximum atomic E-state index is 12.3. The molecule has 3 rings (SSSR count). The highest BCUT2D eigenvalue weighted by Crippen LogP contribution is 2.34. The van der Waals surface area contributed by atoms with E-state index in [4.69, 9.17) is 9.47 Å². The average Bonchev–Trinajstić information content (AvgIpc) is 2.75. The van der Waals surface area contributed by atoms with E-state index in [1.54, 1.807) is 0 Å². The lowest BCUT2D eigenvalue weighted by atomic mass is 9.95. The van der Waals surface area contributed by atoms with E-state index in [0.29, 0.717) is 24.1 Å². The summed E-state index contributed by atoms with van der Waals surface area (Å²) in [4.78, 5) is 12.3. The monoisotopic (exact) mass is 474 g/mol. The minimum Gasteiger partial charge on any atom is -0.490 e. The molecule has 1 aliphatic carbocycles. The Hall–Kier alpha value is -2.05. The maximum absolute atomic E-state index is 12.3. The van der Waals surface area contributed by atoms with E-state index < -0.39 is 0 Å². The van der Waals surface area contributed by atoms with Crippen molar-refractivity contribution in [1.82, 2.24) is 5.32 Å². The molecule has 30 heavy (non-hydrogen) atoms. The summed E-state index contributed by atoms with van der Waals surface area (Å²) >= 11 is 3.65. The summed E-state index contributed by atoms with van der Waals surface area (Å²) in [5.74, 6) is 1.01. The van der Waals surface area contributed by atoms with Crippen LogP contribution in [0.25, 0.3) is 0 Å². The van der Waals surface area contributed by atoms with Crippen molar-refractivity contribution in [2.24, 2.45) is 0 Å². The number of nitrogens with one attached hydrogen (secondary N) is 2. The smallest absolute Gasteiger partial charge is 0.262 e. The predicted molar refractivity (Wildman–Crippen MR) is 124 cm³/mol. The number of rotatable bonds is 9. The van der Waals surface area contributed by atoms with Crippen LogP contribution >= 0.6 is 15.9 Å². The Morgan fingerprint density at radius 1 is 1.07 bits per heavy atom. The molecule has 1 fully saturated rings. The highest BCUT2D eigenvalue weighted by atomic mass is 79.9. The summed E-state index contributed by atoms with van der Waals surface area (Å²) in [5, 5.41) is 6.51. The minimum absolute atomic E-state index is 0.0833. The van der Waals surface area contributed by atoms with Gasteiger partial charge in [0.05, 0.1) is 6.61 Å². The number of hydrogen-bond donors (Lipinski definition) is 2. The number of halogens is 1. The summed E-state index contributed by atoms with van der Waals surface area (Å²) in [6.45, 7) is 5.18. The van der Waals surface area contributed by atoms with Crippen LogP contribution in [0, 0.1) is 6.92 Å². The Morgan fingerprint density at radius 2 is 1.77 bits per heavy atom. The van der Waals surface area contributed by atoms with Crippen molar-refractivity contribution in [2.75, 3.05) is 18.5 Å². The first kappa shape index (κ1) is 22.6. The van der Waals surface area contributed by atoms with Gasteiger partial charge in [0.15, 0.2) is 18.1 Å². The van der Waals surface area contributed by atoms with E-state index in [2.05, 4.69) is 26.6 Å². The van der Waals surface area contributed by atoms with Crippen molar-refractivity contribution in [2.45, 2.75) is 58.5 Å². The maximum Gasteiger partial charge on any atom is 0.262 e. The third kappa shape index (κ3) is 6.74. The van der Waals surface area contributed by atoms with Gasteiger partial charge in [0.25, 0.3) is 5.91 Å². The zero-order valence-electron chi connectivity index (χ0n) is 17.8. The molecule has 6 heteroatoms. The molecule has 0 bridgehead atoms. The van der Waals surface area contributed by atoms with Gasteiger partial charge in [-0.25, -0.2) is 0 Å². The Bertz CT molecular complexity index is 833. The van der Waals surface area contributed by atoms with E-state index in [9.17, 15) is 4.79 Å². The van der Waals surface area contributed by atoms with Gasteiger partial charge in [0.2, 0.25) is 0 Å². The highest BCUT2D eigenvalue weighted by molar-refractivity contribution is 9.10. The van der Waals surface area contributed by atoms with Crippen LogP contribution in [-0.2, 0) is 11.3 Å². The first-order valence-electron chi connectivity index (χ1n) is 10.7. The second-order valence-corrected chi connectivity index (χ2v) is 8.60. The summed E-state index contributed by atoms with van der Waals surface area (Å²) in [7, 11) is 0. The van der Waals surface area contributed by atoms with Crippen LogP contribution in [0.2, 0.25) is 0 Å². The number of carbonyl (C=O) groups excluding carboxylic acids is 1. The fourth-order valence-corrected chi connectivity index (χ4v) is 4.09. The molecule has 0 atom stereocenters. The van der Waals surface area contributed by atoms with Gasteiger partial charge < -0.3 is 20.1 Å². The molecular weight excluding hydrogens is 444 g/mol. The molecule has 0 radical (unpaired) electrons. The Kier molecular flexibility index (Phi) is 8.58. The van der Waals surface area contributed by atoms with Gasteiger partial charge >= 0.3 is 0 Å². The van der Waals surface area contributed by atoms with E-state index in [0.717, 1.165) is 27.8 Å². The van der Waals surface area contributed by atoms with Crippen molar-refractivity contribution >= 4 is 27.5 Å². The lowest BCUT2D eigenvalue weighted by Crippen LogP contribution is -2.30. The summed E-state index contributed by atoms with van der Waals surface area (Å²) in [5.41, 5.74) is 3.03. The number of benzene rings is 2. The molecular formula is C24H31BrN2O3. The fourth-order valence-electron chi connectivity index (χ4n) is 3.63. The molecule has 1 saturated carbocycles. The molecule has 2 aromatic carbocycles. The molecule has 0 saturated heterocycles. The molecule has 0 heterocycles. The SMILES string of the molecule is CCOc1cc(CNC2CCCCC2)c(Br)cc1OCC(=O)Nc1ccc(C)cc1. The molecule has 2 aromatic rings. The number of hydrogen-bond acceptors (Lipinski definition) is 4. The van der Waals surface area contributed by atoms with Gasteiger partial charge in [-0.05, 0) is 56.5 Å². The van der Waals surface area contributed by atoms with Crippen LogP contribution in [-0.4, -0.2) is 25.2 Å². The standard InChI is InChI=1S/C24H31BrN2O3/c1-3-29-22-13-18(15-26-19-7-5-4-6-8-19)21(25)14-23(22)30-16-24(28)27-20-11-9-17(2)10-12-20/h9-14,19,26H,3-8,15-16H2,1-2H3,(H,27,28). The van der Waals surface area contributed by atoms with Crippen LogP contribution in [0.3, 0.4) is 0 Å². The fraction of sp³-hybridized carbons (Fsp3) is 0.458. The third-order valence-electron chi connectivity index (χ3n) is 5.29. The topological polar surface area (TPSA) is 59.6 Å². The van der Waals surface area contributed by atoms with Crippen molar-refractivity contribution < 1.29 is 14.3 Å². The molecule has 5 nitrogen and oxygen atoms in total. The lowest BCUT2D eigenvalue weighted by molar-refractivity contribution is -0.118. The third-order valence-corrected chi connectivity index (χ3v) is 6.03. The predicted octanol–water partition coefficient (Wildman–Crippen LogP) is 5.60. The van der Waals surface area contributed by atoms with Gasteiger partial charge in [-0.15, -0.1) is 0 Å². The van der Waals surface area contributed by atoms with Crippen LogP contribution < -0.4 is 20.1 Å². The van der Waals surface area contributed by atoms with Gasteiger partial charge in [0.1, 0.15) is 0 Å². The van der Waals surface area contributed by atoms with Gasteiger partial charge in [-0.2, -0.15) is 0 Å². The van der Waals surface area contributed by atoms with E-state index >= 15 is 0 Å². The van der Waals surface area contributed by atoms with Crippen molar-refractivity contribution in [3.05, 3.63) is 52.0 Å². The van der Waals surface area contributed by atoms with E-state index in [1.165, 1.54) is 32.1 Å². The van der Waals surface area contributed by atoms with Gasteiger partial charge in [-0.1, -0.05) is 52.9 Å². The number of carbonyl (C=O) groups is 1. The molecule has 1 amide bonds. The summed E-state index contributed by atoms with van der Waals surface area (Å²) in [6, 6.07) is 12.1. The Morgan fingerprint density at radius 3 is 2.47 bits per heavy atom. The number of anilines is 1. The van der Waals surface area contributed by atoms with Crippen molar-refractivity contribution in [3.8, 4) is 11.5 Å². The molecule has 0 spiro atoms. The highest BCUT2D eigenvalue weighted by Gasteiger charge is 2.16. The summed E-state index contributed by atoms with van der Waals surface area (Å²) < 4.78 is 12.5. The van der Waals surface area contributed by atoms with Crippen LogP contribution in [0.5, 0.6) is 11.5 Å². The molecule has 162 valence electrons. The van der Waals surface area contributed by atoms with Crippen LogP contribution in [0.4, 0.5) is 5.69 Å². The number of amides is 1. The molecule has 2 N–H and O–H groups in total. The van der Waals surface area contributed by atoms with E-state index in [1.807, 2.05) is 50.2 Å². The Balaban J connectivity index is 1.60. The van der Waals surface area contributed by atoms with Crippen molar-refractivity contribution in [3.63, 3.8) is 0 Å². The number of aryl methyl sites for hydroxylation is 1. The van der Waals surface area contributed by atoms with E-state index in [-0.39, 0.29) is 12.5 Å². The summed E-state index contributed by atoms with van der Waals surface area (Å²) in [6.07, 6.45) is 6.45. The molecule has 0 unspecified atom stereocenters. The van der Waals surface area contributed by atoms with Crippen LogP contribution in [0.15, 0.2) is 40.9 Å². The minimum atomic E-state index is -0.208. The molecule has 0 aliphatic heterocycles. The zero-order valence-corrected chi connectivity index (χ0v) is 19.4. The van der Waals surface area contributed by atoms with Crippen LogP contribution in [0.1, 0.15) is 50.2 Å². The second-order valence-electron chi connectivity index (χ2n) is 7.74. The average molecular weight is 475 g/mol. The largest absolute Gasteiger partial charge is 0.490 e. The first-order chi connectivity index (χ1) is 14.5. The Labute approximate surface area is 187 Å². The normalized spacial score (nSPS) is 14.4. The lowest BCUT2D eigenvalue weighted by Gasteiger charge is -2.23. The molecule has 1 aliphatic rings. The van der Waals surface area contributed by atoms with Gasteiger partial charge in [0, 0.05) is 22.7 Å². The van der Waals surface area contributed by atoms with Gasteiger partial charge in [-0.3, -0.25) is 4.79 Å². The first-order valence-corrected chi connectivity index (χ1v) is 11.5. The second kappa shape index (κ2) is 11.4. The molecule has 0 aromatic heterocycles. The number of ether oxygens (including phenoxy) is 2. The quantitative estimate of drug-likeness (QED) is 0.496. The zero-order chi connectivity index (χ0) is 21.3. The van der Waals surface area contributed by atoms with Crippen molar-refractivity contribution in [1.29, 1.82) is 0 Å².